The molecule has 0 aliphatic rings. The highest BCUT2D eigenvalue weighted by molar-refractivity contribution is 7.14. The van der Waals surface area contributed by atoms with Gasteiger partial charge in [0.25, 0.3) is 5.91 Å². The van der Waals surface area contributed by atoms with Gasteiger partial charge in [-0.15, -0.1) is 11.3 Å². The number of carbonyl (C=O) groups is 1. The number of carbonyl (C=O) groups excluding carboxylic acids is 1. The number of para-hydroxylation sites is 1. The van der Waals surface area contributed by atoms with Crippen LogP contribution >= 0.6 is 11.3 Å². The van der Waals surface area contributed by atoms with E-state index < -0.39 is 0 Å². The molecule has 5 nitrogen and oxygen atoms in total. The van der Waals surface area contributed by atoms with Gasteiger partial charge in [0, 0.05) is 10.9 Å². The molecule has 0 aliphatic carbocycles. The monoisotopic (exact) mass is 382 g/mol. The molecule has 0 spiro atoms. The maximum atomic E-state index is 12.6. The summed E-state index contributed by atoms with van der Waals surface area (Å²) in [7, 11) is 0. The van der Waals surface area contributed by atoms with Crippen molar-refractivity contribution in [2.24, 2.45) is 0 Å². The molecule has 3 rings (SSSR count). The van der Waals surface area contributed by atoms with Crippen molar-refractivity contribution in [1.29, 1.82) is 0 Å². The third-order valence-corrected chi connectivity index (χ3v) is 4.54. The van der Waals surface area contributed by atoms with Crippen LogP contribution < -0.4 is 14.8 Å². The van der Waals surface area contributed by atoms with Crippen molar-refractivity contribution in [1.82, 2.24) is 4.98 Å². The Bertz CT molecular complexity index is 890. The van der Waals surface area contributed by atoms with E-state index in [1.165, 1.54) is 11.3 Å². The molecule has 140 valence electrons. The first-order chi connectivity index (χ1) is 13.2. The maximum absolute atomic E-state index is 12.6. The lowest BCUT2D eigenvalue weighted by Gasteiger charge is -2.09. The highest BCUT2D eigenvalue weighted by Gasteiger charge is 2.14. The van der Waals surface area contributed by atoms with Crippen molar-refractivity contribution in [2.45, 2.75) is 20.3 Å². The lowest BCUT2D eigenvalue weighted by atomic mass is 10.2. The van der Waals surface area contributed by atoms with Crippen LogP contribution in [0.3, 0.4) is 0 Å². The average Bonchev–Trinajstić information content (AvgIpc) is 3.16. The fourth-order valence-electron chi connectivity index (χ4n) is 2.51. The SMILES string of the molecule is CCCOc1ccc(-c2csc(NC(=O)c3ccccc3OCC)n2)cc1. The Morgan fingerprint density at radius 3 is 2.59 bits per heavy atom. The Kier molecular flexibility index (Phi) is 6.44. The molecule has 0 aliphatic heterocycles. The van der Waals surface area contributed by atoms with Gasteiger partial charge < -0.3 is 9.47 Å². The van der Waals surface area contributed by atoms with E-state index in [0.29, 0.717) is 29.7 Å². The minimum atomic E-state index is -0.233. The van der Waals surface area contributed by atoms with E-state index >= 15 is 0 Å². The van der Waals surface area contributed by atoms with Crippen LogP contribution in [-0.4, -0.2) is 24.1 Å². The molecule has 0 fully saturated rings. The second kappa shape index (κ2) is 9.19. The minimum absolute atomic E-state index is 0.233. The van der Waals surface area contributed by atoms with Gasteiger partial charge in [0.1, 0.15) is 11.5 Å². The van der Waals surface area contributed by atoms with Gasteiger partial charge in [-0.3, -0.25) is 10.1 Å². The molecule has 0 unspecified atom stereocenters. The van der Waals surface area contributed by atoms with E-state index in [2.05, 4.69) is 17.2 Å². The molecule has 3 aromatic rings. The lowest BCUT2D eigenvalue weighted by molar-refractivity contribution is 0.102. The topological polar surface area (TPSA) is 60.5 Å². The zero-order valence-corrected chi connectivity index (χ0v) is 16.2. The second-order valence-corrected chi connectivity index (χ2v) is 6.65. The maximum Gasteiger partial charge on any atom is 0.261 e. The Hall–Kier alpha value is -2.86. The van der Waals surface area contributed by atoms with Gasteiger partial charge in [-0.2, -0.15) is 0 Å². The summed E-state index contributed by atoms with van der Waals surface area (Å²) in [5.74, 6) is 1.18. The molecule has 1 amide bonds. The molecular formula is C21H22N2O3S. The first-order valence-electron chi connectivity index (χ1n) is 8.93. The molecule has 0 atom stereocenters. The molecule has 2 aromatic carbocycles. The smallest absolute Gasteiger partial charge is 0.261 e. The number of nitrogens with zero attached hydrogens (tertiary/aromatic N) is 1. The van der Waals surface area contributed by atoms with E-state index in [1.807, 2.05) is 48.7 Å². The van der Waals surface area contributed by atoms with Crippen molar-refractivity contribution in [2.75, 3.05) is 18.5 Å². The van der Waals surface area contributed by atoms with Gasteiger partial charge in [0.15, 0.2) is 5.13 Å². The van der Waals surface area contributed by atoms with E-state index in [0.717, 1.165) is 23.4 Å². The highest BCUT2D eigenvalue weighted by atomic mass is 32.1. The first kappa shape index (κ1) is 18.9. The lowest BCUT2D eigenvalue weighted by Crippen LogP contribution is -2.13. The number of hydrogen-bond acceptors (Lipinski definition) is 5. The van der Waals surface area contributed by atoms with E-state index in [-0.39, 0.29) is 5.91 Å². The number of ether oxygens (including phenoxy) is 2. The van der Waals surface area contributed by atoms with E-state index in [4.69, 9.17) is 9.47 Å². The molecule has 1 N–H and O–H groups in total. The Morgan fingerprint density at radius 2 is 1.85 bits per heavy atom. The van der Waals surface area contributed by atoms with Crippen molar-refractivity contribution in [3.63, 3.8) is 0 Å². The summed E-state index contributed by atoms with van der Waals surface area (Å²) in [6.45, 7) is 5.17. The van der Waals surface area contributed by atoms with Crippen LogP contribution in [0.5, 0.6) is 11.5 Å². The van der Waals surface area contributed by atoms with E-state index in [9.17, 15) is 4.79 Å². The Balaban J connectivity index is 1.70. The quantitative estimate of drug-likeness (QED) is 0.578. The molecule has 0 bridgehead atoms. The number of aromatic nitrogens is 1. The largest absolute Gasteiger partial charge is 0.494 e. The van der Waals surface area contributed by atoms with Gasteiger partial charge in [-0.05, 0) is 49.7 Å². The highest BCUT2D eigenvalue weighted by Crippen LogP contribution is 2.27. The summed E-state index contributed by atoms with van der Waals surface area (Å²) in [6, 6.07) is 15.0. The molecule has 27 heavy (non-hydrogen) atoms. The summed E-state index contributed by atoms with van der Waals surface area (Å²) in [4.78, 5) is 17.1. The Morgan fingerprint density at radius 1 is 1.07 bits per heavy atom. The summed E-state index contributed by atoms with van der Waals surface area (Å²) in [6.07, 6.45) is 0.976. The molecule has 1 heterocycles. The third kappa shape index (κ3) is 4.86. The van der Waals surface area contributed by atoms with Crippen LogP contribution in [0.15, 0.2) is 53.9 Å². The van der Waals surface area contributed by atoms with Crippen molar-refractivity contribution >= 4 is 22.4 Å². The number of rotatable bonds is 8. The fourth-order valence-corrected chi connectivity index (χ4v) is 3.22. The summed E-state index contributed by atoms with van der Waals surface area (Å²) >= 11 is 1.39. The minimum Gasteiger partial charge on any atom is -0.494 e. The molecule has 6 heteroatoms. The number of thiazole rings is 1. The fraction of sp³-hybridized carbons (Fsp3) is 0.238. The molecule has 0 saturated heterocycles. The summed E-state index contributed by atoms with van der Waals surface area (Å²) in [5.41, 5.74) is 2.29. The van der Waals surface area contributed by atoms with Gasteiger partial charge in [-0.25, -0.2) is 4.98 Å². The molecule has 0 saturated carbocycles. The second-order valence-electron chi connectivity index (χ2n) is 5.79. The number of nitrogens with one attached hydrogen (secondary N) is 1. The average molecular weight is 382 g/mol. The normalized spacial score (nSPS) is 10.4. The van der Waals surface area contributed by atoms with Crippen molar-refractivity contribution < 1.29 is 14.3 Å². The van der Waals surface area contributed by atoms with Crippen LogP contribution in [0.25, 0.3) is 11.3 Å². The zero-order valence-electron chi connectivity index (χ0n) is 15.4. The van der Waals surface area contributed by atoms with Crippen LogP contribution in [0.2, 0.25) is 0 Å². The number of amides is 1. The van der Waals surface area contributed by atoms with Crippen LogP contribution in [0, 0.1) is 0 Å². The predicted molar refractivity (Wildman–Crippen MR) is 109 cm³/mol. The van der Waals surface area contributed by atoms with E-state index in [1.54, 1.807) is 12.1 Å². The third-order valence-electron chi connectivity index (χ3n) is 3.78. The van der Waals surface area contributed by atoms with Crippen molar-refractivity contribution in [3.8, 4) is 22.8 Å². The standard InChI is InChI=1S/C21H22N2O3S/c1-3-13-26-16-11-9-15(10-12-16)18-14-27-21(22-18)23-20(24)17-7-5-6-8-19(17)25-4-2/h5-12,14H,3-4,13H2,1-2H3,(H,22,23,24). The number of benzene rings is 2. The number of hydrogen-bond donors (Lipinski definition) is 1. The summed E-state index contributed by atoms with van der Waals surface area (Å²) in [5, 5.41) is 5.32. The van der Waals surface area contributed by atoms with Crippen LogP contribution in [0.4, 0.5) is 5.13 Å². The van der Waals surface area contributed by atoms with Crippen LogP contribution in [-0.2, 0) is 0 Å². The molecular weight excluding hydrogens is 360 g/mol. The number of anilines is 1. The van der Waals surface area contributed by atoms with Gasteiger partial charge in [-0.1, -0.05) is 19.1 Å². The predicted octanol–water partition coefficient (Wildman–Crippen LogP) is 5.25. The van der Waals surface area contributed by atoms with Gasteiger partial charge in [0.2, 0.25) is 0 Å². The van der Waals surface area contributed by atoms with Gasteiger partial charge >= 0.3 is 0 Å². The molecule has 0 radical (unpaired) electrons. The summed E-state index contributed by atoms with van der Waals surface area (Å²) < 4.78 is 11.1. The van der Waals surface area contributed by atoms with Crippen molar-refractivity contribution in [3.05, 3.63) is 59.5 Å². The van der Waals surface area contributed by atoms with Gasteiger partial charge in [0.05, 0.1) is 24.5 Å². The first-order valence-corrected chi connectivity index (χ1v) is 9.81. The van der Waals surface area contributed by atoms with Crippen LogP contribution in [0.1, 0.15) is 30.6 Å². The molecule has 1 aromatic heterocycles. The Labute approximate surface area is 163 Å². The zero-order chi connectivity index (χ0) is 19.1.